The number of hydrogen-bond acceptors (Lipinski definition) is 2. The molecule has 0 unspecified atom stereocenters. The van der Waals surface area contributed by atoms with Gasteiger partial charge < -0.3 is 9.13 Å². The molecule has 0 aliphatic heterocycles. The summed E-state index contributed by atoms with van der Waals surface area (Å²) in [5.41, 5.74) is 16.2. The molecule has 4 heteroatoms. The van der Waals surface area contributed by atoms with E-state index in [1.54, 1.807) is 0 Å². The highest BCUT2D eigenvalue weighted by atomic mass is 15.0. The van der Waals surface area contributed by atoms with Crippen LogP contribution in [0.3, 0.4) is 0 Å². The van der Waals surface area contributed by atoms with Crippen LogP contribution in [0, 0.1) is 0 Å². The first-order valence-corrected chi connectivity index (χ1v) is 18.7. The van der Waals surface area contributed by atoms with Crippen LogP contribution in [0.2, 0.25) is 0 Å². The SMILES string of the molecule is Cn1c2ccc(-c3ccc4c(c3)c3ccccc3n4-c3ccccc3)cc2c2cc(-c3ccc4c(n3)-c3ccnc5cccc-4c35)ccc21.c1ccccc1. The molecular formula is C51H34N4. The number of pyridine rings is 2. The Morgan fingerprint density at radius 2 is 1.02 bits per heavy atom. The van der Waals surface area contributed by atoms with Gasteiger partial charge in [0, 0.05) is 73.6 Å². The molecule has 7 aromatic carbocycles. The number of rotatable bonds is 3. The number of benzene rings is 7. The second-order valence-corrected chi connectivity index (χ2v) is 14.2. The molecule has 0 saturated heterocycles. The second kappa shape index (κ2) is 12.4. The topological polar surface area (TPSA) is 35.6 Å². The van der Waals surface area contributed by atoms with E-state index in [0.717, 1.165) is 28.0 Å². The van der Waals surface area contributed by atoms with Crippen molar-refractivity contribution in [3.05, 3.63) is 188 Å². The van der Waals surface area contributed by atoms with Crippen molar-refractivity contribution in [2.45, 2.75) is 0 Å². The largest absolute Gasteiger partial charge is 0.344 e. The van der Waals surface area contributed by atoms with E-state index in [-0.39, 0.29) is 0 Å². The Morgan fingerprint density at radius 1 is 0.418 bits per heavy atom. The lowest BCUT2D eigenvalue weighted by Gasteiger charge is -2.08. The predicted octanol–water partition coefficient (Wildman–Crippen LogP) is 13.0. The highest BCUT2D eigenvalue weighted by Crippen LogP contribution is 2.46. The summed E-state index contributed by atoms with van der Waals surface area (Å²) in [4.78, 5) is 9.87. The molecule has 0 fully saturated rings. The van der Waals surface area contributed by atoms with Gasteiger partial charge in [-0.3, -0.25) is 4.98 Å². The van der Waals surface area contributed by atoms with Crippen molar-refractivity contribution in [3.63, 3.8) is 0 Å². The predicted molar refractivity (Wildman–Crippen MR) is 230 cm³/mol. The van der Waals surface area contributed by atoms with Crippen molar-refractivity contribution in [2.75, 3.05) is 0 Å². The third-order valence-corrected chi connectivity index (χ3v) is 11.2. The van der Waals surface area contributed by atoms with E-state index in [2.05, 4.69) is 167 Å². The number of para-hydroxylation sites is 2. The van der Waals surface area contributed by atoms with E-state index in [9.17, 15) is 0 Å². The van der Waals surface area contributed by atoms with E-state index in [0.29, 0.717) is 0 Å². The Morgan fingerprint density at radius 3 is 1.76 bits per heavy atom. The molecule has 0 spiro atoms. The van der Waals surface area contributed by atoms with E-state index >= 15 is 0 Å². The van der Waals surface area contributed by atoms with Crippen LogP contribution in [0.5, 0.6) is 0 Å². The number of fused-ring (bicyclic) bond motifs is 9. The minimum absolute atomic E-state index is 0.979. The molecule has 0 amide bonds. The molecule has 12 rings (SSSR count). The van der Waals surface area contributed by atoms with Crippen LogP contribution in [-0.4, -0.2) is 19.1 Å². The maximum Gasteiger partial charge on any atom is 0.0795 e. The summed E-state index contributed by atoms with van der Waals surface area (Å²) in [6, 6.07) is 64.7. The summed E-state index contributed by atoms with van der Waals surface area (Å²) in [6.45, 7) is 0. The molecule has 11 aromatic rings. The van der Waals surface area contributed by atoms with Crippen molar-refractivity contribution >= 4 is 54.5 Å². The summed E-state index contributed by atoms with van der Waals surface area (Å²) < 4.78 is 4.67. The van der Waals surface area contributed by atoms with Gasteiger partial charge in [0.25, 0.3) is 0 Å². The first-order valence-electron chi connectivity index (χ1n) is 18.7. The normalized spacial score (nSPS) is 11.7. The fourth-order valence-corrected chi connectivity index (χ4v) is 8.62. The van der Waals surface area contributed by atoms with Crippen LogP contribution >= 0.6 is 0 Å². The number of hydrogen-bond donors (Lipinski definition) is 0. The molecule has 0 atom stereocenters. The fourth-order valence-electron chi connectivity index (χ4n) is 8.62. The molecule has 4 aromatic heterocycles. The van der Waals surface area contributed by atoms with E-state index in [1.165, 1.54) is 76.9 Å². The molecule has 0 radical (unpaired) electrons. The van der Waals surface area contributed by atoms with Crippen LogP contribution in [0.1, 0.15) is 0 Å². The molecule has 4 heterocycles. The summed E-state index contributed by atoms with van der Waals surface area (Å²) in [7, 11) is 2.16. The standard InChI is InChI=1S/C45H28N4.C6H6/c1-48-40-19-14-27(28-15-21-43-35(24-28)31-10-5-6-13-42(31)49(43)30-8-3-2-4-9-30)25-36(40)37-26-29(16-20-41(37)48)38-18-17-33-32-11-7-12-39-44(32)34(22-23-46-39)45(33)47-38;1-2-4-6-5-3-1/h2-26H,1H3;1-6H. The van der Waals surface area contributed by atoms with Crippen LogP contribution < -0.4 is 0 Å². The molecule has 1 aliphatic rings. The van der Waals surface area contributed by atoms with Gasteiger partial charge in [0.15, 0.2) is 0 Å². The average Bonchev–Trinajstić information content (AvgIpc) is 3.87. The van der Waals surface area contributed by atoms with E-state index in [4.69, 9.17) is 4.98 Å². The Balaban J connectivity index is 0.000000539. The van der Waals surface area contributed by atoms with Crippen molar-refractivity contribution in [1.29, 1.82) is 0 Å². The van der Waals surface area contributed by atoms with Crippen molar-refractivity contribution in [1.82, 2.24) is 19.1 Å². The van der Waals surface area contributed by atoms with Crippen LogP contribution in [0.4, 0.5) is 0 Å². The maximum atomic E-state index is 5.26. The van der Waals surface area contributed by atoms with Gasteiger partial charge in [-0.25, -0.2) is 4.98 Å². The lowest BCUT2D eigenvalue weighted by atomic mass is 9.99. The molecule has 258 valence electrons. The second-order valence-electron chi connectivity index (χ2n) is 14.2. The highest BCUT2D eigenvalue weighted by Gasteiger charge is 2.24. The van der Waals surface area contributed by atoms with Gasteiger partial charge in [-0.2, -0.15) is 0 Å². The summed E-state index contributed by atoms with van der Waals surface area (Å²) in [6.07, 6.45) is 1.89. The highest BCUT2D eigenvalue weighted by molar-refractivity contribution is 6.14. The quantitative estimate of drug-likeness (QED) is 0.184. The van der Waals surface area contributed by atoms with Gasteiger partial charge in [0.2, 0.25) is 0 Å². The third kappa shape index (κ3) is 4.92. The lowest BCUT2D eigenvalue weighted by Crippen LogP contribution is -1.92. The van der Waals surface area contributed by atoms with Crippen molar-refractivity contribution in [2.24, 2.45) is 7.05 Å². The molecule has 0 saturated carbocycles. The van der Waals surface area contributed by atoms with E-state index < -0.39 is 0 Å². The number of aromatic nitrogens is 4. The van der Waals surface area contributed by atoms with Gasteiger partial charge in [-0.1, -0.05) is 103 Å². The van der Waals surface area contributed by atoms with Crippen LogP contribution in [-0.2, 0) is 7.05 Å². The van der Waals surface area contributed by atoms with Crippen molar-refractivity contribution in [3.8, 4) is 50.5 Å². The van der Waals surface area contributed by atoms with Gasteiger partial charge >= 0.3 is 0 Å². The van der Waals surface area contributed by atoms with E-state index in [1.807, 2.05) is 42.6 Å². The Bertz CT molecular complexity index is 3230. The molecule has 0 N–H and O–H groups in total. The first-order chi connectivity index (χ1) is 27.2. The maximum absolute atomic E-state index is 5.26. The molecule has 1 aliphatic carbocycles. The van der Waals surface area contributed by atoms with Crippen molar-refractivity contribution < 1.29 is 0 Å². The van der Waals surface area contributed by atoms with Gasteiger partial charge in [-0.15, -0.1) is 0 Å². The molecule has 55 heavy (non-hydrogen) atoms. The number of nitrogens with zero attached hydrogens (tertiary/aromatic N) is 4. The zero-order chi connectivity index (χ0) is 36.5. The van der Waals surface area contributed by atoms with Gasteiger partial charge in [0.1, 0.15) is 0 Å². The molecular weight excluding hydrogens is 669 g/mol. The third-order valence-electron chi connectivity index (χ3n) is 11.2. The smallest absolute Gasteiger partial charge is 0.0795 e. The summed E-state index contributed by atoms with van der Waals surface area (Å²) >= 11 is 0. The van der Waals surface area contributed by atoms with Gasteiger partial charge in [0.05, 0.1) is 27.9 Å². The summed E-state index contributed by atoms with van der Waals surface area (Å²) in [5, 5.41) is 6.19. The lowest BCUT2D eigenvalue weighted by molar-refractivity contribution is 1.01. The zero-order valence-corrected chi connectivity index (χ0v) is 30.2. The number of aryl methyl sites for hydroxylation is 1. The van der Waals surface area contributed by atoms with Crippen LogP contribution in [0.15, 0.2) is 188 Å². The first kappa shape index (κ1) is 31.2. The average molecular weight is 703 g/mol. The molecule has 0 bridgehead atoms. The van der Waals surface area contributed by atoms with Gasteiger partial charge in [-0.05, 0) is 95.6 Å². The Labute approximate surface area is 318 Å². The monoisotopic (exact) mass is 702 g/mol. The Kier molecular flexibility index (Phi) is 7.04. The summed E-state index contributed by atoms with van der Waals surface area (Å²) in [5.74, 6) is 0. The minimum atomic E-state index is 0.979. The minimum Gasteiger partial charge on any atom is -0.344 e. The zero-order valence-electron chi connectivity index (χ0n) is 30.2. The fraction of sp³-hybridized carbons (Fsp3) is 0.0196. The Hall–Kier alpha value is -7.30. The molecule has 4 nitrogen and oxygen atoms in total. The van der Waals surface area contributed by atoms with Crippen LogP contribution in [0.25, 0.3) is 105 Å².